The third-order valence-electron chi connectivity index (χ3n) is 4.05. The maximum Gasteiger partial charge on any atom is 0.268 e. The lowest BCUT2D eigenvalue weighted by Gasteiger charge is -2.21. The smallest absolute Gasteiger partial charge is 0.268 e. The number of pyridine rings is 1. The molecule has 22 heavy (non-hydrogen) atoms. The van der Waals surface area contributed by atoms with Crippen LogP contribution < -0.4 is 5.32 Å². The number of aromatic nitrogens is 2. The average Bonchev–Trinajstić information content (AvgIpc) is 3.24. The van der Waals surface area contributed by atoms with E-state index in [1.807, 2.05) is 36.7 Å². The molecule has 0 aromatic carbocycles. The topological polar surface area (TPSA) is 46.9 Å². The second-order valence-corrected chi connectivity index (χ2v) is 6.47. The Labute approximate surface area is 131 Å². The minimum absolute atomic E-state index is 0.00348. The summed E-state index contributed by atoms with van der Waals surface area (Å²) in [5.41, 5.74) is 1.83. The van der Waals surface area contributed by atoms with Crippen LogP contribution in [0.4, 0.5) is 0 Å². The molecule has 2 aromatic heterocycles. The Bertz CT molecular complexity index is 629. The molecule has 1 N–H and O–H groups in total. The van der Waals surface area contributed by atoms with Crippen molar-refractivity contribution in [2.24, 2.45) is 5.92 Å². The zero-order valence-electron chi connectivity index (χ0n) is 13.2. The molecule has 1 atom stereocenters. The van der Waals surface area contributed by atoms with Crippen LogP contribution >= 0.6 is 0 Å². The molecule has 1 fully saturated rings. The Balaban J connectivity index is 1.77. The van der Waals surface area contributed by atoms with Gasteiger partial charge in [0.05, 0.1) is 6.04 Å². The Morgan fingerprint density at radius 3 is 2.82 bits per heavy atom. The number of hydrogen-bond acceptors (Lipinski definition) is 2. The number of hydrogen-bond donors (Lipinski definition) is 1. The molecule has 4 nitrogen and oxygen atoms in total. The monoisotopic (exact) mass is 297 g/mol. The minimum atomic E-state index is 0.00348. The number of carbonyl (C=O) groups excluding carboxylic acids is 1. The maximum atomic E-state index is 12.7. The van der Waals surface area contributed by atoms with E-state index in [-0.39, 0.29) is 11.9 Å². The second kappa shape index (κ2) is 6.34. The van der Waals surface area contributed by atoms with Crippen molar-refractivity contribution in [2.45, 2.75) is 45.2 Å². The van der Waals surface area contributed by atoms with Gasteiger partial charge in [0.15, 0.2) is 0 Å². The van der Waals surface area contributed by atoms with Crippen molar-refractivity contribution in [3.63, 3.8) is 0 Å². The van der Waals surface area contributed by atoms with Crippen molar-refractivity contribution in [1.29, 1.82) is 0 Å². The van der Waals surface area contributed by atoms with Crippen molar-refractivity contribution < 1.29 is 4.79 Å². The van der Waals surface area contributed by atoms with Crippen LogP contribution in [0.25, 0.3) is 0 Å². The van der Waals surface area contributed by atoms with E-state index in [4.69, 9.17) is 0 Å². The van der Waals surface area contributed by atoms with Gasteiger partial charge in [0.25, 0.3) is 5.91 Å². The van der Waals surface area contributed by atoms with Gasteiger partial charge in [-0.2, -0.15) is 0 Å². The Morgan fingerprint density at radius 2 is 2.18 bits per heavy atom. The van der Waals surface area contributed by atoms with E-state index in [9.17, 15) is 4.79 Å². The molecule has 1 aliphatic rings. The summed E-state index contributed by atoms with van der Waals surface area (Å²) in [5, 5.41) is 3.19. The van der Waals surface area contributed by atoms with E-state index >= 15 is 0 Å². The number of rotatable bonds is 6. The highest BCUT2D eigenvalue weighted by Gasteiger charge is 2.27. The number of nitrogens with zero attached hydrogens (tertiary/aromatic N) is 2. The van der Waals surface area contributed by atoms with Gasteiger partial charge in [0, 0.05) is 24.6 Å². The van der Waals surface area contributed by atoms with Gasteiger partial charge in [-0.15, -0.1) is 0 Å². The third kappa shape index (κ3) is 3.38. The first kappa shape index (κ1) is 14.8. The van der Waals surface area contributed by atoms with Gasteiger partial charge < -0.3 is 9.88 Å². The lowest BCUT2D eigenvalue weighted by atomic mass is 9.98. The van der Waals surface area contributed by atoms with Gasteiger partial charge in [-0.3, -0.25) is 9.78 Å². The standard InChI is InChI=1S/C18H23N3O/c1-13(2)11-16(14-5-3-9-19-12-14)20-18(22)17-6-4-10-21(17)15-7-8-15/h3-6,9-10,12-13,15-16H,7-8,11H2,1-2H3,(H,20,22)/t16-/m1/s1. The van der Waals surface area contributed by atoms with Crippen molar-refractivity contribution in [3.8, 4) is 0 Å². The SMILES string of the molecule is CC(C)C[C@@H](NC(=O)c1cccn1C1CC1)c1cccnc1. The minimum Gasteiger partial charge on any atom is -0.344 e. The first-order valence-electron chi connectivity index (χ1n) is 8.02. The van der Waals surface area contributed by atoms with E-state index in [2.05, 4.69) is 28.7 Å². The first-order valence-corrected chi connectivity index (χ1v) is 8.02. The normalized spacial score (nSPS) is 15.8. The molecule has 2 heterocycles. The molecule has 0 bridgehead atoms. The van der Waals surface area contributed by atoms with Crippen LogP contribution in [0, 0.1) is 5.92 Å². The fourth-order valence-electron chi connectivity index (χ4n) is 2.82. The maximum absolute atomic E-state index is 12.7. The number of carbonyl (C=O) groups is 1. The van der Waals surface area contributed by atoms with Crippen LogP contribution in [0.1, 0.15) is 61.2 Å². The van der Waals surface area contributed by atoms with Gasteiger partial charge in [-0.1, -0.05) is 19.9 Å². The lowest BCUT2D eigenvalue weighted by Crippen LogP contribution is -2.31. The number of nitrogens with one attached hydrogen (secondary N) is 1. The molecule has 0 saturated heterocycles. The third-order valence-corrected chi connectivity index (χ3v) is 4.05. The van der Waals surface area contributed by atoms with Crippen molar-refractivity contribution in [2.75, 3.05) is 0 Å². The molecule has 116 valence electrons. The summed E-state index contributed by atoms with van der Waals surface area (Å²) in [6.45, 7) is 4.34. The van der Waals surface area contributed by atoms with Gasteiger partial charge in [0.2, 0.25) is 0 Å². The summed E-state index contributed by atoms with van der Waals surface area (Å²) < 4.78 is 2.10. The van der Waals surface area contributed by atoms with E-state index < -0.39 is 0 Å². The van der Waals surface area contributed by atoms with Crippen molar-refractivity contribution in [3.05, 3.63) is 54.1 Å². The van der Waals surface area contributed by atoms with Gasteiger partial charge >= 0.3 is 0 Å². The predicted octanol–water partition coefficient (Wildman–Crippen LogP) is 3.74. The van der Waals surface area contributed by atoms with Gasteiger partial charge in [0.1, 0.15) is 5.69 Å². The molecular formula is C18H23N3O. The summed E-state index contributed by atoms with van der Waals surface area (Å²) in [4.78, 5) is 16.9. The van der Waals surface area contributed by atoms with Crippen LogP contribution in [-0.4, -0.2) is 15.5 Å². The van der Waals surface area contributed by atoms with Crippen LogP contribution in [-0.2, 0) is 0 Å². The summed E-state index contributed by atoms with van der Waals surface area (Å²) >= 11 is 0. The zero-order valence-corrected chi connectivity index (χ0v) is 13.2. The fourth-order valence-corrected chi connectivity index (χ4v) is 2.82. The van der Waals surface area contributed by atoms with Crippen LogP contribution in [0.5, 0.6) is 0 Å². The van der Waals surface area contributed by atoms with Crippen molar-refractivity contribution in [1.82, 2.24) is 14.9 Å². The van der Waals surface area contributed by atoms with Crippen molar-refractivity contribution >= 4 is 5.91 Å². The molecule has 0 aliphatic heterocycles. The molecule has 4 heteroatoms. The Morgan fingerprint density at radius 1 is 1.36 bits per heavy atom. The summed E-state index contributed by atoms with van der Waals surface area (Å²) in [6.07, 6.45) is 8.86. The molecule has 2 aromatic rings. The molecule has 3 rings (SSSR count). The predicted molar refractivity (Wildman–Crippen MR) is 86.6 cm³/mol. The molecule has 0 unspecified atom stereocenters. The highest BCUT2D eigenvalue weighted by molar-refractivity contribution is 5.93. The molecule has 0 radical (unpaired) electrons. The Kier molecular flexibility index (Phi) is 4.27. The first-order chi connectivity index (χ1) is 10.6. The Hall–Kier alpha value is -2.10. The lowest BCUT2D eigenvalue weighted by molar-refractivity contribution is 0.0922. The van der Waals surface area contributed by atoms with Crippen LogP contribution in [0.15, 0.2) is 42.9 Å². The van der Waals surface area contributed by atoms with Crippen LogP contribution in [0.3, 0.4) is 0 Å². The van der Waals surface area contributed by atoms with Gasteiger partial charge in [-0.25, -0.2) is 0 Å². The van der Waals surface area contributed by atoms with E-state index in [0.29, 0.717) is 12.0 Å². The largest absolute Gasteiger partial charge is 0.344 e. The number of amides is 1. The molecule has 1 aliphatic carbocycles. The van der Waals surface area contributed by atoms with E-state index in [0.717, 1.165) is 17.7 Å². The van der Waals surface area contributed by atoms with E-state index in [1.54, 1.807) is 6.20 Å². The second-order valence-electron chi connectivity index (χ2n) is 6.47. The highest BCUT2D eigenvalue weighted by Crippen LogP contribution is 2.36. The van der Waals surface area contributed by atoms with Gasteiger partial charge in [-0.05, 0) is 48.9 Å². The molecule has 1 saturated carbocycles. The summed E-state index contributed by atoms with van der Waals surface area (Å²) in [7, 11) is 0. The zero-order chi connectivity index (χ0) is 15.5. The molecular weight excluding hydrogens is 274 g/mol. The summed E-state index contributed by atoms with van der Waals surface area (Å²) in [5.74, 6) is 0.507. The highest BCUT2D eigenvalue weighted by atomic mass is 16.2. The quantitative estimate of drug-likeness (QED) is 0.883. The molecule has 0 spiro atoms. The summed E-state index contributed by atoms with van der Waals surface area (Å²) in [6, 6.07) is 8.32. The molecule has 1 amide bonds. The fraction of sp³-hybridized carbons (Fsp3) is 0.444. The van der Waals surface area contributed by atoms with Crippen LogP contribution in [0.2, 0.25) is 0 Å². The van der Waals surface area contributed by atoms with E-state index in [1.165, 1.54) is 12.8 Å². The average molecular weight is 297 g/mol.